The molecule has 140 valence electrons. The number of hydrogen-bond acceptors (Lipinski definition) is 4. The average Bonchev–Trinajstić information content (AvgIpc) is 3.06. The van der Waals surface area contributed by atoms with Crippen molar-refractivity contribution < 1.29 is 14.1 Å². The number of aryl methyl sites for hydroxylation is 1. The van der Waals surface area contributed by atoms with Crippen LogP contribution in [-0.2, 0) is 4.79 Å². The number of aromatic nitrogens is 1. The zero-order valence-corrected chi connectivity index (χ0v) is 15.4. The van der Waals surface area contributed by atoms with Crippen LogP contribution in [0, 0.1) is 30.1 Å². The first-order chi connectivity index (χ1) is 12.5. The monoisotopic (exact) mass is 357 g/mol. The molecule has 6 heteroatoms. The molecule has 6 nitrogen and oxygen atoms in total. The lowest BCUT2D eigenvalue weighted by Gasteiger charge is -2.57. The lowest BCUT2D eigenvalue weighted by molar-refractivity contribution is -0.159. The van der Waals surface area contributed by atoms with Crippen LogP contribution in [0.1, 0.15) is 54.8 Å². The molecular weight excluding hydrogens is 330 g/mol. The van der Waals surface area contributed by atoms with Gasteiger partial charge in [-0.3, -0.25) is 9.59 Å². The number of carbonyl (C=O) groups is 2. The molecule has 1 aliphatic heterocycles. The average molecular weight is 357 g/mol. The molecule has 1 saturated heterocycles. The maximum atomic E-state index is 13.4. The Morgan fingerprint density at radius 3 is 2.04 bits per heavy atom. The molecule has 2 amide bonds. The van der Waals surface area contributed by atoms with Gasteiger partial charge in [-0.2, -0.15) is 0 Å². The number of amides is 2. The van der Waals surface area contributed by atoms with E-state index in [1.807, 2.05) is 4.90 Å². The third-order valence-corrected chi connectivity index (χ3v) is 7.19. The molecule has 1 aromatic heterocycles. The van der Waals surface area contributed by atoms with Crippen LogP contribution in [0.15, 0.2) is 10.6 Å². The van der Waals surface area contributed by atoms with Crippen LogP contribution in [0.5, 0.6) is 0 Å². The van der Waals surface area contributed by atoms with Gasteiger partial charge in [0.15, 0.2) is 5.69 Å². The van der Waals surface area contributed by atoms with Gasteiger partial charge in [-0.25, -0.2) is 0 Å². The minimum absolute atomic E-state index is 0.0792. The summed E-state index contributed by atoms with van der Waals surface area (Å²) in [7, 11) is 0. The van der Waals surface area contributed by atoms with Gasteiger partial charge in [-0.15, -0.1) is 0 Å². The van der Waals surface area contributed by atoms with Gasteiger partial charge in [0.2, 0.25) is 5.91 Å². The Morgan fingerprint density at radius 2 is 1.54 bits per heavy atom. The second kappa shape index (κ2) is 5.83. The Bertz CT molecular complexity index is 697. The lowest BCUT2D eigenvalue weighted by atomic mass is 9.49. The molecule has 0 atom stereocenters. The Morgan fingerprint density at radius 1 is 1.00 bits per heavy atom. The molecule has 4 aliphatic carbocycles. The highest BCUT2D eigenvalue weighted by molar-refractivity contribution is 5.92. The molecule has 2 heterocycles. The minimum Gasteiger partial charge on any atom is -0.361 e. The van der Waals surface area contributed by atoms with Gasteiger partial charge in [-0.05, 0) is 63.2 Å². The van der Waals surface area contributed by atoms with Gasteiger partial charge in [0, 0.05) is 32.2 Å². The molecule has 0 N–H and O–H groups in total. The van der Waals surface area contributed by atoms with Crippen molar-refractivity contribution >= 4 is 11.8 Å². The zero-order chi connectivity index (χ0) is 17.9. The first-order valence-corrected chi connectivity index (χ1v) is 10.0. The van der Waals surface area contributed by atoms with Gasteiger partial charge in [0.25, 0.3) is 5.91 Å². The standard InChI is InChI=1S/C20H27N3O3/c1-13-6-17(21-26-13)18(24)22-2-4-23(5-3-22)19(25)20-10-14-7-15(11-20)9-16(8-14)12-20/h6,14-16H,2-5,7-12H2,1H3. The summed E-state index contributed by atoms with van der Waals surface area (Å²) in [4.78, 5) is 29.7. The summed E-state index contributed by atoms with van der Waals surface area (Å²) in [6, 6.07) is 1.68. The molecule has 4 saturated carbocycles. The Labute approximate surface area is 153 Å². The van der Waals surface area contributed by atoms with Crippen LogP contribution in [0.4, 0.5) is 0 Å². The summed E-state index contributed by atoms with van der Waals surface area (Å²) in [5, 5.41) is 3.83. The van der Waals surface area contributed by atoms with Gasteiger partial charge < -0.3 is 14.3 Å². The van der Waals surface area contributed by atoms with Crippen molar-refractivity contribution in [1.82, 2.24) is 15.0 Å². The van der Waals surface area contributed by atoms with Crippen LogP contribution in [-0.4, -0.2) is 52.9 Å². The van der Waals surface area contributed by atoms with E-state index >= 15 is 0 Å². The fourth-order valence-electron chi connectivity index (χ4n) is 6.45. The number of carbonyl (C=O) groups excluding carboxylic acids is 2. The Balaban J connectivity index is 1.24. The third-order valence-electron chi connectivity index (χ3n) is 7.19. The maximum absolute atomic E-state index is 13.4. The number of rotatable bonds is 2. The van der Waals surface area contributed by atoms with Crippen LogP contribution in [0.2, 0.25) is 0 Å². The van der Waals surface area contributed by atoms with Crippen molar-refractivity contribution in [2.75, 3.05) is 26.2 Å². The van der Waals surface area contributed by atoms with E-state index in [1.54, 1.807) is 17.9 Å². The summed E-state index contributed by atoms with van der Waals surface area (Å²) in [6.07, 6.45) is 7.38. The number of piperazine rings is 1. The lowest BCUT2D eigenvalue weighted by Crippen LogP contribution is -2.58. The molecule has 6 rings (SSSR count). The summed E-state index contributed by atoms with van der Waals surface area (Å²) in [5.74, 6) is 3.27. The second-order valence-electron chi connectivity index (χ2n) is 9.11. The molecule has 0 aromatic carbocycles. The molecule has 0 spiro atoms. The van der Waals surface area contributed by atoms with E-state index in [0.29, 0.717) is 43.5 Å². The molecule has 5 fully saturated rings. The van der Waals surface area contributed by atoms with E-state index in [1.165, 1.54) is 19.3 Å². The maximum Gasteiger partial charge on any atom is 0.276 e. The van der Waals surface area contributed by atoms with Crippen LogP contribution in [0.3, 0.4) is 0 Å². The highest BCUT2D eigenvalue weighted by Gasteiger charge is 2.55. The van der Waals surface area contributed by atoms with E-state index < -0.39 is 0 Å². The number of hydrogen-bond donors (Lipinski definition) is 0. The van der Waals surface area contributed by atoms with E-state index in [2.05, 4.69) is 5.16 Å². The topological polar surface area (TPSA) is 66.7 Å². The predicted octanol–water partition coefficient (Wildman–Crippen LogP) is 2.48. The minimum atomic E-state index is -0.0937. The third kappa shape index (κ3) is 2.57. The highest BCUT2D eigenvalue weighted by Crippen LogP contribution is 2.60. The summed E-state index contributed by atoms with van der Waals surface area (Å²) >= 11 is 0. The fraction of sp³-hybridized carbons (Fsp3) is 0.750. The largest absolute Gasteiger partial charge is 0.361 e. The summed E-state index contributed by atoms with van der Waals surface area (Å²) < 4.78 is 5.01. The quantitative estimate of drug-likeness (QED) is 0.816. The van der Waals surface area contributed by atoms with Gasteiger partial charge in [0.1, 0.15) is 5.76 Å². The Hall–Kier alpha value is -1.85. The molecule has 4 bridgehead atoms. The van der Waals surface area contributed by atoms with Crippen LogP contribution < -0.4 is 0 Å². The van der Waals surface area contributed by atoms with Crippen molar-refractivity contribution in [1.29, 1.82) is 0 Å². The zero-order valence-electron chi connectivity index (χ0n) is 15.4. The molecule has 26 heavy (non-hydrogen) atoms. The summed E-state index contributed by atoms with van der Waals surface area (Å²) in [6.45, 7) is 4.24. The smallest absolute Gasteiger partial charge is 0.276 e. The molecule has 0 radical (unpaired) electrons. The molecule has 1 aromatic rings. The predicted molar refractivity (Wildman–Crippen MR) is 94.3 cm³/mol. The van der Waals surface area contributed by atoms with Gasteiger partial charge in [-0.1, -0.05) is 5.16 Å². The summed E-state index contributed by atoms with van der Waals surface area (Å²) in [5.41, 5.74) is 0.285. The normalized spacial score (nSPS) is 35.8. The molecule has 5 aliphatic rings. The first kappa shape index (κ1) is 16.3. The van der Waals surface area contributed by atoms with Crippen molar-refractivity contribution in [3.63, 3.8) is 0 Å². The van der Waals surface area contributed by atoms with Crippen molar-refractivity contribution in [3.8, 4) is 0 Å². The molecule has 0 unspecified atom stereocenters. The van der Waals surface area contributed by atoms with Crippen LogP contribution >= 0.6 is 0 Å². The SMILES string of the molecule is Cc1cc(C(=O)N2CCN(C(=O)C34CC5CC(CC(C5)C3)C4)CC2)no1. The molecular formula is C20H27N3O3. The first-order valence-electron chi connectivity index (χ1n) is 10.0. The van der Waals surface area contributed by atoms with Crippen molar-refractivity contribution in [2.24, 2.45) is 23.2 Å². The second-order valence-corrected chi connectivity index (χ2v) is 9.11. The van der Waals surface area contributed by atoms with E-state index in [4.69, 9.17) is 4.52 Å². The van der Waals surface area contributed by atoms with Gasteiger partial charge >= 0.3 is 0 Å². The highest BCUT2D eigenvalue weighted by atomic mass is 16.5. The number of nitrogens with zero attached hydrogens (tertiary/aromatic N) is 3. The van der Waals surface area contributed by atoms with E-state index in [0.717, 1.165) is 37.0 Å². The van der Waals surface area contributed by atoms with E-state index in [9.17, 15) is 9.59 Å². The van der Waals surface area contributed by atoms with Crippen molar-refractivity contribution in [2.45, 2.75) is 45.4 Å². The van der Waals surface area contributed by atoms with Crippen molar-refractivity contribution in [3.05, 3.63) is 17.5 Å². The van der Waals surface area contributed by atoms with E-state index in [-0.39, 0.29) is 11.3 Å². The van der Waals surface area contributed by atoms with Crippen LogP contribution in [0.25, 0.3) is 0 Å². The Kier molecular flexibility index (Phi) is 3.66. The van der Waals surface area contributed by atoms with Gasteiger partial charge in [0.05, 0.1) is 5.41 Å². The fourth-order valence-corrected chi connectivity index (χ4v) is 6.45.